The Labute approximate surface area is 111 Å². The summed E-state index contributed by atoms with van der Waals surface area (Å²) in [6, 6.07) is 4.71. The lowest BCUT2D eigenvalue weighted by molar-refractivity contribution is -0.116. The van der Waals surface area contributed by atoms with Gasteiger partial charge in [-0.15, -0.1) is 0 Å². The average Bonchev–Trinajstić information content (AvgIpc) is 2.38. The molecule has 0 radical (unpaired) electrons. The predicted octanol–water partition coefficient (Wildman–Crippen LogP) is 1.38. The predicted molar refractivity (Wildman–Crippen MR) is 71.8 cm³/mol. The summed E-state index contributed by atoms with van der Waals surface area (Å²) >= 11 is 5.95. The number of hydrogen-bond donors (Lipinski definition) is 3. The third kappa shape index (κ3) is 4.01. The van der Waals surface area contributed by atoms with Crippen LogP contribution in [0.1, 0.15) is 23.2 Å². The van der Waals surface area contributed by atoms with E-state index in [4.69, 9.17) is 17.3 Å². The van der Waals surface area contributed by atoms with Gasteiger partial charge in [-0.25, -0.2) is 0 Å². The van der Waals surface area contributed by atoms with Crippen LogP contribution in [-0.2, 0) is 4.79 Å². The van der Waals surface area contributed by atoms with Crippen LogP contribution in [0.25, 0.3) is 0 Å². The molecule has 0 spiro atoms. The van der Waals surface area contributed by atoms with E-state index in [1.807, 2.05) is 0 Å². The summed E-state index contributed by atoms with van der Waals surface area (Å²) < 4.78 is 0. The Balaban J connectivity index is 2.81. The summed E-state index contributed by atoms with van der Waals surface area (Å²) in [5, 5.41) is 5.55. The summed E-state index contributed by atoms with van der Waals surface area (Å²) in [6.07, 6.45) is 0.940. The molecule has 0 aliphatic carbocycles. The first-order valence-corrected chi connectivity index (χ1v) is 5.98. The summed E-state index contributed by atoms with van der Waals surface area (Å²) in [5.74, 6) is -0.402. The van der Waals surface area contributed by atoms with Gasteiger partial charge < -0.3 is 16.4 Å². The number of amides is 2. The van der Waals surface area contributed by atoms with E-state index in [1.54, 1.807) is 18.2 Å². The molecule has 0 atom stereocenters. The summed E-state index contributed by atoms with van der Waals surface area (Å²) in [4.78, 5) is 23.0. The first-order chi connectivity index (χ1) is 8.58. The fourth-order valence-corrected chi connectivity index (χ4v) is 1.55. The van der Waals surface area contributed by atoms with Gasteiger partial charge in [0.25, 0.3) is 5.91 Å². The van der Waals surface area contributed by atoms with Gasteiger partial charge in [-0.2, -0.15) is 0 Å². The summed E-state index contributed by atoms with van der Waals surface area (Å²) in [6.45, 7) is 0.458. The van der Waals surface area contributed by atoms with Crippen molar-refractivity contribution in [2.75, 3.05) is 18.9 Å². The monoisotopic (exact) mass is 269 g/mol. The van der Waals surface area contributed by atoms with Crippen LogP contribution < -0.4 is 16.4 Å². The lowest BCUT2D eigenvalue weighted by Crippen LogP contribution is -2.18. The molecule has 0 aromatic heterocycles. The molecule has 18 heavy (non-hydrogen) atoms. The molecule has 1 rings (SSSR count). The molecule has 0 aliphatic heterocycles. The zero-order valence-corrected chi connectivity index (χ0v) is 10.9. The first-order valence-electron chi connectivity index (χ1n) is 5.60. The van der Waals surface area contributed by atoms with E-state index in [2.05, 4.69) is 10.6 Å². The molecule has 0 saturated carbocycles. The maximum Gasteiger partial charge on any atom is 0.251 e. The average molecular weight is 270 g/mol. The number of benzene rings is 1. The van der Waals surface area contributed by atoms with Crippen LogP contribution >= 0.6 is 11.6 Å². The van der Waals surface area contributed by atoms with Gasteiger partial charge in [-0.1, -0.05) is 11.6 Å². The van der Waals surface area contributed by atoms with Crippen molar-refractivity contribution in [2.45, 2.75) is 12.8 Å². The SMILES string of the molecule is CNC(=O)c1ccc(Cl)c(NC(=O)CCCN)c1. The fraction of sp³-hybridized carbons (Fsp3) is 0.333. The maximum absolute atomic E-state index is 11.5. The number of anilines is 1. The second-order valence-electron chi connectivity index (χ2n) is 3.71. The van der Waals surface area contributed by atoms with E-state index in [0.717, 1.165) is 0 Å². The molecule has 0 fully saturated rings. The van der Waals surface area contributed by atoms with Crippen molar-refractivity contribution in [1.29, 1.82) is 0 Å². The van der Waals surface area contributed by atoms with Crippen molar-refractivity contribution < 1.29 is 9.59 Å². The minimum atomic E-state index is -0.232. The number of halogens is 1. The normalized spacial score (nSPS) is 9.94. The highest BCUT2D eigenvalue weighted by Gasteiger charge is 2.09. The Morgan fingerprint density at radius 3 is 2.72 bits per heavy atom. The molecule has 0 bridgehead atoms. The van der Waals surface area contributed by atoms with Gasteiger partial charge in [-0.3, -0.25) is 9.59 Å². The summed E-state index contributed by atoms with van der Waals surface area (Å²) in [5.41, 5.74) is 6.19. The van der Waals surface area contributed by atoms with Crippen LogP contribution in [0.4, 0.5) is 5.69 Å². The van der Waals surface area contributed by atoms with E-state index in [1.165, 1.54) is 7.05 Å². The second kappa shape index (κ2) is 6.98. The molecule has 0 heterocycles. The van der Waals surface area contributed by atoms with Gasteiger partial charge in [0.1, 0.15) is 0 Å². The lowest BCUT2D eigenvalue weighted by atomic mass is 10.2. The van der Waals surface area contributed by atoms with Crippen molar-refractivity contribution in [3.05, 3.63) is 28.8 Å². The Kier molecular flexibility index (Phi) is 5.61. The third-order valence-electron chi connectivity index (χ3n) is 2.34. The molecule has 98 valence electrons. The van der Waals surface area contributed by atoms with Crippen LogP contribution in [0, 0.1) is 0 Å². The molecule has 1 aromatic rings. The van der Waals surface area contributed by atoms with E-state index >= 15 is 0 Å². The fourth-order valence-electron chi connectivity index (χ4n) is 1.38. The van der Waals surface area contributed by atoms with Crippen molar-refractivity contribution in [2.24, 2.45) is 5.73 Å². The number of rotatable bonds is 5. The number of carbonyl (C=O) groups is 2. The number of nitrogens with one attached hydrogen (secondary N) is 2. The molecule has 0 unspecified atom stereocenters. The largest absolute Gasteiger partial charge is 0.355 e. The van der Waals surface area contributed by atoms with Crippen molar-refractivity contribution in [1.82, 2.24) is 5.32 Å². The van der Waals surface area contributed by atoms with E-state index in [0.29, 0.717) is 35.7 Å². The first kappa shape index (κ1) is 14.5. The van der Waals surface area contributed by atoms with Crippen molar-refractivity contribution >= 4 is 29.1 Å². The Morgan fingerprint density at radius 1 is 1.39 bits per heavy atom. The molecule has 1 aromatic carbocycles. The quantitative estimate of drug-likeness (QED) is 0.755. The molecule has 6 heteroatoms. The van der Waals surface area contributed by atoms with E-state index in [-0.39, 0.29) is 11.8 Å². The van der Waals surface area contributed by atoms with Gasteiger partial charge in [0.15, 0.2) is 0 Å². The van der Waals surface area contributed by atoms with Gasteiger partial charge in [0.2, 0.25) is 5.91 Å². The highest BCUT2D eigenvalue weighted by molar-refractivity contribution is 6.33. The number of hydrogen-bond acceptors (Lipinski definition) is 3. The maximum atomic E-state index is 11.5. The van der Waals surface area contributed by atoms with Crippen LogP contribution in [0.15, 0.2) is 18.2 Å². The minimum Gasteiger partial charge on any atom is -0.355 e. The van der Waals surface area contributed by atoms with Crippen LogP contribution in [0.5, 0.6) is 0 Å². The Hall–Kier alpha value is -1.59. The van der Waals surface area contributed by atoms with E-state index < -0.39 is 0 Å². The number of carbonyl (C=O) groups excluding carboxylic acids is 2. The zero-order valence-electron chi connectivity index (χ0n) is 10.1. The van der Waals surface area contributed by atoms with Gasteiger partial charge >= 0.3 is 0 Å². The second-order valence-corrected chi connectivity index (χ2v) is 4.12. The van der Waals surface area contributed by atoms with Gasteiger partial charge in [0.05, 0.1) is 10.7 Å². The third-order valence-corrected chi connectivity index (χ3v) is 2.67. The number of nitrogens with two attached hydrogens (primary N) is 1. The molecule has 0 aliphatic rings. The van der Waals surface area contributed by atoms with Crippen LogP contribution in [0.3, 0.4) is 0 Å². The van der Waals surface area contributed by atoms with Crippen LogP contribution in [0.2, 0.25) is 5.02 Å². The molecular formula is C12H16ClN3O2. The smallest absolute Gasteiger partial charge is 0.251 e. The highest BCUT2D eigenvalue weighted by atomic mass is 35.5. The highest BCUT2D eigenvalue weighted by Crippen LogP contribution is 2.23. The van der Waals surface area contributed by atoms with Gasteiger partial charge in [0, 0.05) is 19.0 Å². The molecular weight excluding hydrogens is 254 g/mol. The van der Waals surface area contributed by atoms with Crippen molar-refractivity contribution in [3.63, 3.8) is 0 Å². The van der Waals surface area contributed by atoms with Crippen LogP contribution in [-0.4, -0.2) is 25.4 Å². The molecule has 0 saturated heterocycles. The standard InChI is InChI=1S/C12H16ClN3O2/c1-15-12(18)8-4-5-9(13)10(7-8)16-11(17)3-2-6-14/h4-5,7H,2-3,6,14H2,1H3,(H,15,18)(H,16,17). The zero-order chi connectivity index (χ0) is 13.5. The molecule has 4 N–H and O–H groups in total. The van der Waals surface area contributed by atoms with E-state index in [9.17, 15) is 9.59 Å². The lowest BCUT2D eigenvalue weighted by Gasteiger charge is -2.08. The minimum absolute atomic E-state index is 0.170. The van der Waals surface area contributed by atoms with Gasteiger partial charge in [-0.05, 0) is 31.2 Å². The molecule has 5 nitrogen and oxygen atoms in total. The molecule has 2 amide bonds. The van der Waals surface area contributed by atoms with Crippen molar-refractivity contribution in [3.8, 4) is 0 Å². The Bertz CT molecular complexity index is 449. The Morgan fingerprint density at radius 2 is 2.11 bits per heavy atom. The topological polar surface area (TPSA) is 84.2 Å². The summed E-state index contributed by atoms with van der Waals surface area (Å²) in [7, 11) is 1.54.